The van der Waals surface area contributed by atoms with E-state index in [9.17, 15) is 4.79 Å². The highest BCUT2D eigenvalue weighted by Crippen LogP contribution is 2.28. The smallest absolute Gasteiger partial charge is 0.341 e. The van der Waals surface area contributed by atoms with Crippen molar-refractivity contribution in [1.82, 2.24) is 9.88 Å². The Morgan fingerprint density at radius 1 is 1.35 bits per heavy atom. The highest BCUT2D eigenvalue weighted by molar-refractivity contribution is 5.94. The van der Waals surface area contributed by atoms with Gasteiger partial charge in [0.25, 0.3) is 0 Å². The van der Waals surface area contributed by atoms with Crippen LogP contribution >= 0.6 is 0 Å². The summed E-state index contributed by atoms with van der Waals surface area (Å²) < 4.78 is 5.11. The van der Waals surface area contributed by atoms with Gasteiger partial charge in [-0.3, -0.25) is 4.90 Å². The van der Waals surface area contributed by atoms with Gasteiger partial charge in [0.2, 0.25) is 0 Å². The number of carbonyl (C=O) groups excluding carboxylic acids is 1. The lowest BCUT2D eigenvalue weighted by Crippen LogP contribution is -2.47. The van der Waals surface area contributed by atoms with E-state index in [4.69, 9.17) is 4.74 Å². The first kappa shape index (κ1) is 13.4. The van der Waals surface area contributed by atoms with Crippen LogP contribution in [-0.4, -0.2) is 54.7 Å². The quantitative estimate of drug-likeness (QED) is 0.780. The molecule has 0 aromatic carbocycles. The molecule has 1 aliphatic carbocycles. The van der Waals surface area contributed by atoms with Gasteiger partial charge in [0, 0.05) is 38.4 Å². The van der Waals surface area contributed by atoms with E-state index in [1.165, 1.54) is 12.8 Å². The van der Waals surface area contributed by atoms with Crippen LogP contribution in [0.4, 0.5) is 5.82 Å². The van der Waals surface area contributed by atoms with Crippen LogP contribution < -0.4 is 4.90 Å². The highest BCUT2D eigenvalue weighted by atomic mass is 16.5. The van der Waals surface area contributed by atoms with E-state index in [-0.39, 0.29) is 5.97 Å². The molecule has 1 saturated carbocycles. The van der Waals surface area contributed by atoms with Crippen LogP contribution in [0.3, 0.4) is 0 Å². The average Bonchev–Trinajstić information content (AvgIpc) is 3.32. The fraction of sp³-hybridized carbons (Fsp3) is 0.600. The monoisotopic (exact) mass is 275 g/mol. The number of esters is 1. The Morgan fingerprint density at radius 3 is 2.75 bits per heavy atom. The minimum absolute atomic E-state index is 0.278. The van der Waals surface area contributed by atoms with Crippen molar-refractivity contribution in [2.75, 3.05) is 37.7 Å². The lowest BCUT2D eigenvalue weighted by molar-refractivity contribution is 0.0526. The number of hydrogen-bond acceptors (Lipinski definition) is 5. The average molecular weight is 275 g/mol. The summed E-state index contributed by atoms with van der Waals surface area (Å²) >= 11 is 0. The topological polar surface area (TPSA) is 45.7 Å². The Labute approximate surface area is 119 Å². The number of nitrogens with zero attached hydrogens (tertiary/aromatic N) is 3. The standard InChI is InChI=1S/C15H21N3O2/c1-2-20-15(19)13-4-3-7-16-14(13)18-10-8-17(9-11-18)12-5-6-12/h3-4,7,12H,2,5-6,8-11H2,1H3. The van der Waals surface area contributed by atoms with Crippen molar-refractivity contribution in [2.45, 2.75) is 25.8 Å². The molecule has 5 heteroatoms. The van der Waals surface area contributed by atoms with Gasteiger partial charge in [0.1, 0.15) is 11.4 Å². The molecule has 0 N–H and O–H groups in total. The van der Waals surface area contributed by atoms with Gasteiger partial charge < -0.3 is 9.64 Å². The van der Waals surface area contributed by atoms with Gasteiger partial charge in [-0.25, -0.2) is 9.78 Å². The molecule has 20 heavy (non-hydrogen) atoms. The third-order valence-electron chi connectivity index (χ3n) is 3.96. The summed E-state index contributed by atoms with van der Waals surface area (Å²) in [6.07, 6.45) is 4.43. The third kappa shape index (κ3) is 2.77. The van der Waals surface area contributed by atoms with Gasteiger partial charge in [-0.15, -0.1) is 0 Å². The number of anilines is 1. The summed E-state index contributed by atoms with van der Waals surface area (Å²) in [5, 5.41) is 0. The van der Waals surface area contributed by atoms with Crippen LogP contribution in [0.5, 0.6) is 0 Å². The second kappa shape index (κ2) is 5.79. The van der Waals surface area contributed by atoms with E-state index >= 15 is 0 Å². The lowest BCUT2D eigenvalue weighted by Gasteiger charge is -2.36. The summed E-state index contributed by atoms with van der Waals surface area (Å²) in [6.45, 7) is 6.19. The first-order chi connectivity index (χ1) is 9.79. The van der Waals surface area contributed by atoms with Crippen LogP contribution in [0.15, 0.2) is 18.3 Å². The van der Waals surface area contributed by atoms with E-state index in [2.05, 4.69) is 14.8 Å². The largest absolute Gasteiger partial charge is 0.462 e. The SMILES string of the molecule is CCOC(=O)c1cccnc1N1CCN(C2CC2)CC1. The van der Waals surface area contributed by atoms with Gasteiger partial charge in [0.05, 0.1) is 6.61 Å². The molecule has 0 amide bonds. The Kier molecular flexibility index (Phi) is 3.87. The predicted molar refractivity (Wildman–Crippen MR) is 77.0 cm³/mol. The normalized spacial score (nSPS) is 19.9. The number of ether oxygens (including phenoxy) is 1. The summed E-state index contributed by atoms with van der Waals surface area (Å²) in [4.78, 5) is 21.1. The van der Waals surface area contributed by atoms with Crippen molar-refractivity contribution in [3.8, 4) is 0 Å². The van der Waals surface area contributed by atoms with Crippen molar-refractivity contribution in [3.05, 3.63) is 23.9 Å². The van der Waals surface area contributed by atoms with Gasteiger partial charge in [-0.05, 0) is 31.9 Å². The van der Waals surface area contributed by atoms with Crippen molar-refractivity contribution < 1.29 is 9.53 Å². The highest BCUT2D eigenvalue weighted by Gasteiger charge is 2.32. The molecule has 108 valence electrons. The molecular weight excluding hydrogens is 254 g/mol. The Balaban J connectivity index is 1.71. The van der Waals surface area contributed by atoms with E-state index in [0.29, 0.717) is 12.2 Å². The number of piperazine rings is 1. The van der Waals surface area contributed by atoms with Crippen molar-refractivity contribution in [2.24, 2.45) is 0 Å². The van der Waals surface area contributed by atoms with Crippen LogP contribution in [0.2, 0.25) is 0 Å². The second-order valence-electron chi connectivity index (χ2n) is 5.35. The molecule has 2 fully saturated rings. The predicted octanol–water partition coefficient (Wildman–Crippen LogP) is 1.54. The van der Waals surface area contributed by atoms with E-state index in [1.807, 2.05) is 6.92 Å². The molecule has 1 aromatic rings. The molecule has 1 aliphatic heterocycles. The maximum Gasteiger partial charge on any atom is 0.341 e. The second-order valence-corrected chi connectivity index (χ2v) is 5.35. The first-order valence-electron chi connectivity index (χ1n) is 7.40. The Bertz CT molecular complexity index is 480. The molecule has 0 spiro atoms. The lowest BCUT2D eigenvalue weighted by atomic mass is 10.2. The van der Waals surface area contributed by atoms with Crippen LogP contribution in [0.1, 0.15) is 30.1 Å². The van der Waals surface area contributed by atoms with Crippen molar-refractivity contribution in [3.63, 3.8) is 0 Å². The first-order valence-corrected chi connectivity index (χ1v) is 7.40. The third-order valence-corrected chi connectivity index (χ3v) is 3.96. The van der Waals surface area contributed by atoms with Crippen LogP contribution in [0, 0.1) is 0 Å². The fourth-order valence-electron chi connectivity index (χ4n) is 2.76. The summed E-state index contributed by atoms with van der Waals surface area (Å²) in [7, 11) is 0. The summed E-state index contributed by atoms with van der Waals surface area (Å²) in [5.74, 6) is 0.488. The molecule has 0 bridgehead atoms. The molecule has 2 aliphatic rings. The zero-order valence-electron chi connectivity index (χ0n) is 11.9. The van der Waals surface area contributed by atoms with Crippen LogP contribution in [-0.2, 0) is 4.74 Å². The zero-order chi connectivity index (χ0) is 13.9. The number of aromatic nitrogens is 1. The molecule has 3 rings (SSSR count). The van der Waals surface area contributed by atoms with E-state index < -0.39 is 0 Å². The molecule has 0 radical (unpaired) electrons. The number of pyridine rings is 1. The molecule has 2 heterocycles. The molecule has 0 unspecified atom stereocenters. The van der Waals surface area contributed by atoms with Crippen molar-refractivity contribution in [1.29, 1.82) is 0 Å². The minimum Gasteiger partial charge on any atom is -0.462 e. The number of carbonyl (C=O) groups is 1. The maximum atomic E-state index is 12.0. The molecule has 0 atom stereocenters. The molecule has 5 nitrogen and oxygen atoms in total. The van der Waals surface area contributed by atoms with Gasteiger partial charge in [-0.1, -0.05) is 0 Å². The molecule has 1 saturated heterocycles. The number of rotatable bonds is 4. The van der Waals surface area contributed by atoms with Crippen molar-refractivity contribution >= 4 is 11.8 Å². The zero-order valence-corrected chi connectivity index (χ0v) is 11.9. The summed E-state index contributed by atoms with van der Waals surface area (Å²) in [5.41, 5.74) is 0.578. The maximum absolute atomic E-state index is 12.0. The van der Waals surface area contributed by atoms with E-state index in [1.54, 1.807) is 18.3 Å². The number of hydrogen-bond donors (Lipinski definition) is 0. The van der Waals surface area contributed by atoms with Gasteiger partial charge in [-0.2, -0.15) is 0 Å². The molecular formula is C15H21N3O2. The summed E-state index contributed by atoms with van der Waals surface area (Å²) in [6, 6.07) is 4.40. The minimum atomic E-state index is -0.278. The van der Waals surface area contributed by atoms with E-state index in [0.717, 1.165) is 38.0 Å². The molecule has 1 aromatic heterocycles. The van der Waals surface area contributed by atoms with Crippen LogP contribution in [0.25, 0.3) is 0 Å². The Hall–Kier alpha value is -1.62. The fourth-order valence-corrected chi connectivity index (χ4v) is 2.76. The Morgan fingerprint density at radius 2 is 2.10 bits per heavy atom. The van der Waals surface area contributed by atoms with Gasteiger partial charge in [0.15, 0.2) is 0 Å². The van der Waals surface area contributed by atoms with Gasteiger partial charge >= 0.3 is 5.97 Å².